The van der Waals surface area contributed by atoms with Crippen molar-refractivity contribution in [2.24, 2.45) is 11.7 Å². The first-order chi connectivity index (χ1) is 13.0. The van der Waals surface area contributed by atoms with Crippen molar-refractivity contribution in [1.29, 1.82) is 0 Å². The van der Waals surface area contributed by atoms with Crippen LogP contribution < -0.4 is 11.1 Å². The van der Waals surface area contributed by atoms with Crippen molar-refractivity contribution < 1.29 is 13.7 Å². The van der Waals surface area contributed by atoms with E-state index in [-0.39, 0.29) is 23.4 Å². The Morgan fingerprint density at radius 2 is 1.89 bits per heavy atom. The molecule has 0 radical (unpaired) electrons. The molecule has 6 nitrogen and oxygen atoms in total. The smallest absolute Gasteiger partial charge is 0.249 e. The molecule has 0 saturated carbocycles. The molecule has 1 aromatic heterocycles. The van der Waals surface area contributed by atoms with E-state index >= 15 is 0 Å². The summed E-state index contributed by atoms with van der Waals surface area (Å²) in [6, 6.07) is 14.4. The van der Waals surface area contributed by atoms with Crippen LogP contribution in [0.2, 0.25) is 0 Å². The standard InChI is InChI=1S/C20H21FN4O2/c1-12(17(22)14-7-4-3-5-8-14)19(26)23-13(2)20-24-18(25-27-20)15-9-6-10-16(21)11-15/h3-13,17H,22H2,1-2H3,(H,23,26). The summed E-state index contributed by atoms with van der Waals surface area (Å²) in [5.41, 5.74) is 7.59. The molecule has 3 rings (SSSR count). The number of amides is 1. The van der Waals surface area contributed by atoms with E-state index in [0.717, 1.165) is 5.56 Å². The molecule has 3 unspecified atom stereocenters. The van der Waals surface area contributed by atoms with E-state index in [9.17, 15) is 9.18 Å². The summed E-state index contributed by atoms with van der Waals surface area (Å²) in [5.74, 6) is -0.545. The Morgan fingerprint density at radius 3 is 2.59 bits per heavy atom. The lowest BCUT2D eigenvalue weighted by atomic mass is 9.94. The number of nitrogens with one attached hydrogen (secondary N) is 1. The molecule has 0 spiro atoms. The van der Waals surface area contributed by atoms with E-state index in [1.54, 1.807) is 26.0 Å². The van der Waals surface area contributed by atoms with Crippen LogP contribution in [0.4, 0.5) is 4.39 Å². The summed E-state index contributed by atoms with van der Waals surface area (Å²) in [5, 5.41) is 6.69. The molecule has 140 valence electrons. The van der Waals surface area contributed by atoms with Gasteiger partial charge in [0.05, 0.1) is 5.92 Å². The van der Waals surface area contributed by atoms with Gasteiger partial charge in [-0.25, -0.2) is 4.39 Å². The van der Waals surface area contributed by atoms with Crippen LogP contribution in [0.3, 0.4) is 0 Å². The van der Waals surface area contributed by atoms with Gasteiger partial charge in [0.15, 0.2) is 0 Å². The van der Waals surface area contributed by atoms with Crippen LogP contribution in [0, 0.1) is 11.7 Å². The SMILES string of the molecule is CC(NC(=O)C(C)C(N)c1ccccc1)c1nc(-c2cccc(F)c2)no1. The number of hydrogen-bond donors (Lipinski definition) is 2. The number of nitrogens with zero attached hydrogens (tertiary/aromatic N) is 2. The monoisotopic (exact) mass is 368 g/mol. The van der Waals surface area contributed by atoms with Gasteiger partial charge in [-0.3, -0.25) is 4.79 Å². The molecule has 1 amide bonds. The highest BCUT2D eigenvalue weighted by atomic mass is 19.1. The Kier molecular flexibility index (Phi) is 5.61. The fraction of sp³-hybridized carbons (Fsp3) is 0.250. The van der Waals surface area contributed by atoms with Gasteiger partial charge in [-0.2, -0.15) is 4.98 Å². The second-order valence-electron chi connectivity index (χ2n) is 6.42. The quantitative estimate of drug-likeness (QED) is 0.695. The van der Waals surface area contributed by atoms with Crippen molar-refractivity contribution in [2.45, 2.75) is 25.9 Å². The molecule has 3 aromatic rings. The third-order valence-corrected chi connectivity index (χ3v) is 4.39. The van der Waals surface area contributed by atoms with E-state index in [1.807, 2.05) is 30.3 Å². The van der Waals surface area contributed by atoms with Crippen molar-refractivity contribution in [3.8, 4) is 11.4 Å². The Balaban J connectivity index is 1.66. The summed E-state index contributed by atoms with van der Waals surface area (Å²) >= 11 is 0. The molecule has 2 aromatic carbocycles. The minimum absolute atomic E-state index is 0.218. The topological polar surface area (TPSA) is 94.0 Å². The molecule has 0 aliphatic heterocycles. The molecular formula is C20H21FN4O2. The van der Waals surface area contributed by atoms with Crippen LogP contribution in [-0.2, 0) is 4.79 Å². The zero-order valence-corrected chi connectivity index (χ0v) is 15.1. The summed E-state index contributed by atoms with van der Waals surface area (Å²) in [6.07, 6.45) is 0. The summed E-state index contributed by atoms with van der Waals surface area (Å²) in [4.78, 5) is 16.8. The average Bonchev–Trinajstić information content (AvgIpc) is 3.18. The number of benzene rings is 2. The van der Waals surface area contributed by atoms with Gasteiger partial charge in [-0.15, -0.1) is 0 Å². The third-order valence-electron chi connectivity index (χ3n) is 4.39. The van der Waals surface area contributed by atoms with Crippen LogP contribution in [-0.4, -0.2) is 16.0 Å². The van der Waals surface area contributed by atoms with Crippen LogP contribution in [0.15, 0.2) is 59.1 Å². The molecule has 0 saturated heterocycles. The van der Waals surface area contributed by atoms with Crippen molar-refractivity contribution in [3.63, 3.8) is 0 Å². The fourth-order valence-corrected chi connectivity index (χ4v) is 2.69. The van der Waals surface area contributed by atoms with Gasteiger partial charge in [-0.05, 0) is 24.6 Å². The molecule has 1 heterocycles. The van der Waals surface area contributed by atoms with Gasteiger partial charge in [0.2, 0.25) is 17.6 Å². The zero-order valence-electron chi connectivity index (χ0n) is 15.1. The van der Waals surface area contributed by atoms with E-state index in [4.69, 9.17) is 10.3 Å². The van der Waals surface area contributed by atoms with Crippen molar-refractivity contribution in [2.75, 3.05) is 0 Å². The molecule has 7 heteroatoms. The van der Waals surface area contributed by atoms with E-state index in [0.29, 0.717) is 5.56 Å². The number of carbonyl (C=O) groups excluding carboxylic acids is 1. The first-order valence-corrected chi connectivity index (χ1v) is 8.66. The first kappa shape index (κ1) is 18.7. The molecule has 0 aliphatic carbocycles. The maximum atomic E-state index is 13.3. The highest BCUT2D eigenvalue weighted by Gasteiger charge is 2.25. The second kappa shape index (κ2) is 8.09. The molecular weight excluding hydrogens is 347 g/mol. The van der Waals surface area contributed by atoms with Crippen LogP contribution >= 0.6 is 0 Å². The van der Waals surface area contributed by atoms with Gasteiger partial charge in [0, 0.05) is 11.6 Å². The Labute approximate surface area is 156 Å². The van der Waals surface area contributed by atoms with E-state index in [1.165, 1.54) is 12.1 Å². The van der Waals surface area contributed by atoms with E-state index < -0.39 is 18.0 Å². The lowest BCUT2D eigenvalue weighted by Crippen LogP contribution is -2.37. The van der Waals surface area contributed by atoms with Gasteiger partial charge in [-0.1, -0.05) is 54.5 Å². The molecule has 27 heavy (non-hydrogen) atoms. The Hall–Kier alpha value is -3.06. The summed E-state index contributed by atoms with van der Waals surface area (Å²) < 4.78 is 18.6. The third kappa shape index (κ3) is 4.38. The molecule has 0 bridgehead atoms. The number of halogens is 1. The lowest BCUT2D eigenvalue weighted by molar-refractivity contribution is -0.126. The number of nitrogens with two attached hydrogens (primary N) is 1. The van der Waals surface area contributed by atoms with Crippen molar-refractivity contribution in [3.05, 3.63) is 71.9 Å². The van der Waals surface area contributed by atoms with Crippen molar-refractivity contribution in [1.82, 2.24) is 15.5 Å². The van der Waals surface area contributed by atoms with Crippen LogP contribution in [0.5, 0.6) is 0 Å². The van der Waals surface area contributed by atoms with Crippen LogP contribution in [0.1, 0.15) is 37.4 Å². The Bertz CT molecular complexity index is 913. The Morgan fingerprint density at radius 1 is 1.15 bits per heavy atom. The maximum Gasteiger partial charge on any atom is 0.249 e. The average molecular weight is 368 g/mol. The molecule has 0 fully saturated rings. The number of aromatic nitrogens is 2. The first-order valence-electron chi connectivity index (χ1n) is 8.66. The highest BCUT2D eigenvalue weighted by Crippen LogP contribution is 2.22. The van der Waals surface area contributed by atoms with Crippen molar-refractivity contribution >= 4 is 5.91 Å². The predicted molar refractivity (Wildman–Crippen MR) is 98.8 cm³/mol. The number of carbonyl (C=O) groups is 1. The molecule has 3 atom stereocenters. The normalized spacial score (nSPS) is 14.4. The largest absolute Gasteiger partial charge is 0.344 e. The maximum absolute atomic E-state index is 13.3. The van der Waals surface area contributed by atoms with Crippen LogP contribution in [0.25, 0.3) is 11.4 Å². The summed E-state index contributed by atoms with van der Waals surface area (Å²) in [7, 11) is 0. The lowest BCUT2D eigenvalue weighted by Gasteiger charge is -2.21. The van der Waals surface area contributed by atoms with Gasteiger partial charge in [0.25, 0.3) is 0 Å². The zero-order chi connectivity index (χ0) is 19.4. The minimum atomic E-state index is -0.502. The number of hydrogen-bond acceptors (Lipinski definition) is 5. The second-order valence-corrected chi connectivity index (χ2v) is 6.42. The van der Waals surface area contributed by atoms with Gasteiger partial charge < -0.3 is 15.6 Å². The van der Waals surface area contributed by atoms with E-state index in [2.05, 4.69) is 15.5 Å². The minimum Gasteiger partial charge on any atom is -0.344 e. The molecule has 3 N–H and O–H groups in total. The highest BCUT2D eigenvalue weighted by molar-refractivity contribution is 5.79. The number of rotatable bonds is 6. The fourth-order valence-electron chi connectivity index (χ4n) is 2.69. The van der Waals surface area contributed by atoms with Gasteiger partial charge in [0.1, 0.15) is 11.9 Å². The predicted octanol–water partition coefficient (Wildman–Crippen LogP) is 3.39. The van der Waals surface area contributed by atoms with Gasteiger partial charge >= 0.3 is 0 Å². The summed E-state index contributed by atoms with van der Waals surface area (Å²) in [6.45, 7) is 3.51. The molecule has 0 aliphatic rings.